The maximum atomic E-state index is 5.99. The molecule has 3 rings (SSSR count). The second kappa shape index (κ2) is 7.77. The van der Waals surface area contributed by atoms with E-state index in [1.54, 1.807) is 7.11 Å². The molecule has 0 spiro atoms. The lowest BCUT2D eigenvalue weighted by Gasteiger charge is -2.39. The van der Waals surface area contributed by atoms with Gasteiger partial charge in [0.05, 0.1) is 11.6 Å². The molecule has 3 nitrogen and oxygen atoms in total. The van der Waals surface area contributed by atoms with Crippen molar-refractivity contribution in [3.05, 3.63) is 57.5 Å². The summed E-state index contributed by atoms with van der Waals surface area (Å²) in [6, 6.07) is 14.9. The highest BCUT2D eigenvalue weighted by atomic mass is 79.9. The van der Waals surface area contributed by atoms with Gasteiger partial charge in [0.25, 0.3) is 0 Å². The van der Waals surface area contributed by atoms with Crippen LogP contribution in [0.5, 0.6) is 5.75 Å². The summed E-state index contributed by atoms with van der Waals surface area (Å²) in [4.78, 5) is 4.94. The van der Waals surface area contributed by atoms with Crippen molar-refractivity contribution in [1.29, 1.82) is 0 Å². The fourth-order valence-corrected chi connectivity index (χ4v) is 3.70. The van der Waals surface area contributed by atoms with Crippen molar-refractivity contribution in [1.82, 2.24) is 4.90 Å². The molecule has 0 aliphatic carbocycles. The van der Waals surface area contributed by atoms with E-state index in [1.165, 1.54) is 11.3 Å². The Kier molecular flexibility index (Phi) is 5.69. The van der Waals surface area contributed by atoms with Crippen LogP contribution in [0.15, 0.2) is 46.9 Å². The van der Waals surface area contributed by atoms with Crippen LogP contribution in [0.3, 0.4) is 0 Å². The van der Waals surface area contributed by atoms with Crippen LogP contribution in [0.1, 0.15) is 18.5 Å². The zero-order valence-corrected chi connectivity index (χ0v) is 16.3. The van der Waals surface area contributed by atoms with Gasteiger partial charge in [0.1, 0.15) is 5.75 Å². The van der Waals surface area contributed by atoms with Gasteiger partial charge < -0.3 is 9.64 Å². The van der Waals surface area contributed by atoms with Crippen molar-refractivity contribution in [2.45, 2.75) is 13.0 Å². The Morgan fingerprint density at radius 3 is 2.33 bits per heavy atom. The number of ether oxygens (including phenoxy) is 1. The van der Waals surface area contributed by atoms with Gasteiger partial charge in [-0.05, 0) is 52.7 Å². The van der Waals surface area contributed by atoms with Crippen LogP contribution < -0.4 is 9.64 Å². The van der Waals surface area contributed by atoms with Gasteiger partial charge in [-0.15, -0.1) is 0 Å². The normalized spacial score (nSPS) is 16.9. The number of anilines is 1. The van der Waals surface area contributed by atoms with E-state index >= 15 is 0 Å². The predicted octanol–water partition coefficient (Wildman–Crippen LogP) is 4.99. The predicted molar refractivity (Wildman–Crippen MR) is 104 cm³/mol. The average Bonchev–Trinajstić information content (AvgIpc) is 2.62. The van der Waals surface area contributed by atoms with Crippen LogP contribution in [-0.4, -0.2) is 38.2 Å². The van der Waals surface area contributed by atoms with Crippen LogP contribution in [0, 0.1) is 0 Å². The lowest BCUT2D eigenvalue weighted by atomic mass is 10.1. The minimum Gasteiger partial charge on any atom is -0.495 e. The third-order valence-electron chi connectivity index (χ3n) is 4.71. The summed E-state index contributed by atoms with van der Waals surface area (Å²) in [7, 11) is 1.70. The average molecular weight is 410 g/mol. The van der Waals surface area contributed by atoms with Gasteiger partial charge >= 0.3 is 0 Å². The maximum Gasteiger partial charge on any atom is 0.135 e. The molecule has 5 heteroatoms. The highest BCUT2D eigenvalue weighted by molar-refractivity contribution is 9.10. The van der Waals surface area contributed by atoms with E-state index in [1.807, 2.05) is 12.1 Å². The molecule has 0 aromatic heterocycles. The number of nitrogens with zero attached hydrogens (tertiary/aromatic N) is 2. The van der Waals surface area contributed by atoms with E-state index in [0.717, 1.165) is 41.4 Å². The summed E-state index contributed by atoms with van der Waals surface area (Å²) >= 11 is 9.50. The fourth-order valence-electron chi connectivity index (χ4n) is 3.16. The molecule has 2 aromatic rings. The van der Waals surface area contributed by atoms with Gasteiger partial charge in [-0.2, -0.15) is 0 Å². The SMILES string of the molecule is COc1cc(N2CCN(C(C)c3ccc(Cl)cc3)CC2)ccc1Br. The van der Waals surface area contributed by atoms with Gasteiger partial charge in [-0.3, -0.25) is 4.90 Å². The van der Waals surface area contributed by atoms with E-state index in [-0.39, 0.29) is 0 Å². The van der Waals surface area contributed by atoms with E-state index in [0.29, 0.717) is 6.04 Å². The third kappa shape index (κ3) is 3.88. The molecule has 1 heterocycles. The van der Waals surface area contributed by atoms with Crippen LogP contribution in [0.25, 0.3) is 0 Å². The standard InChI is InChI=1S/C19H22BrClN2O/c1-14(15-3-5-16(21)6-4-15)22-9-11-23(12-10-22)17-7-8-18(20)19(13-17)24-2/h3-8,13-14H,9-12H2,1-2H3. The second-order valence-corrected chi connectivity index (χ2v) is 7.36. The minimum atomic E-state index is 0.406. The van der Waals surface area contributed by atoms with Crippen molar-refractivity contribution in [2.24, 2.45) is 0 Å². The minimum absolute atomic E-state index is 0.406. The summed E-state index contributed by atoms with van der Waals surface area (Å²) in [6.45, 7) is 6.39. The van der Waals surface area contributed by atoms with Gasteiger partial charge in [0, 0.05) is 49.0 Å². The van der Waals surface area contributed by atoms with E-state index in [9.17, 15) is 0 Å². The first-order valence-electron chi connectivity index (χ1n) is 8.16. The molecule has 1 unspecified atom stereocenters. The maximum absolute atomic E-state index is 5.99. The molecule has 1 atom stereocenters. The number of rotatable bonds is 4. The van der Waals surface area contributed by atoms with Gasteiger partial charge in [-0.1, -0.05) is 23.7 Å². The third-order valence-corrected chi connectivity index (χ3v) is 5.62. The number of piperazine rings is 1. The van der Waals surface area contributed by atoms with Crippen LogP contribution in [0.2, 0.25) is 5.02 Å². The molecule has 1 fully saturated rings. The highest BCUT2D eigenvalue weighted by Crippen LogP contribution is 2.31. The van der Waals surface area contributed by atoms with Crippen molar-refractivity contribution < 1.29 is 4.74 Å². The topological polar surface area (TPSA) is 15.7 Å². The monoisotopic (exact) mass is 408 g/mol. The second-order valence-electron chi connectivity index (χ2n) is 6.07. The molecule has 128 valence electrons. The summed E-state index contributed by atoms with van der Waals surface area (Å²) in [5, 5.41) is 0.792. The van der Waals surface area contributed by atoms with Crippen molar-refractivity contribution in [3.8, 4) is 5.75 Å². The van der Waals surface area contributed by atoms with E-state index < -0.39 is 0 Å². The van der Waals surface area contributed by atoms with E-state index in [4.69, 9.17) is 16.3 Å². The number of methoxy groups -OCH3 is 1. The van der Waals surface area contributed by atoms with E-state index in [2.05, 4.69) is 63.0 Å². The summed E-state index contributed by atoms with van der Waals surface area (Å²) in [5.74, 6) is 0.879. The smallest absolute Gasteiger partial charge is 0.135 e. The first-order chi connectivity index (χ1) is 11.6. The molecular weight excluding hydrogens is 388 g/mol. The summed E-state index contributed by atoms with van der Waals surface area (Å²) in [6.07, 6.45) is 0. The van der Waals surface area contributed by atoms with Gasteiger partial charge in [0.15, 0.2) is 0 Å². The molecule has 2 aromatic carbocycles. The quantitative estimate of drug-likeness (QED) is 0.707. The zero-order chi connectivity index (χ0) is 17.1. The van der Waals surface area contributed by atoms with Gasteiger partial charge in [-0.25, -0.2) is 0 Å². The molecule has 0 radical (unpaired) electrons. The number of hydrogen-bond acceptors (Lipinski definition) is 3. The van der Waals surface area contributed by atoms with Crippen LogP contribution >= 0.6 is 27.5 Å². The molecular formula is C19H22BrClN2O. The molecule has 0 N–H and O–H groups in total. The Morgan fingerprint density at radius 2 is 1.71 bits per heavy atom. The Morgan fingerprint density at radius 1 is 1.04 bits per heavy atom. The highest BCUT2D eigenvalue weighted by Gasteiger charge is 2.22. The Bertz CT molecular complexity index is 684. The molecule has 0 amide bonds. The lowest BCUT2D eigenvalue weighted by Crippen LogP contribution is -2.47. The fraction of sp³-hybridized carbons (Fsp3) is 0.368. The molecule has 24 heavy (non-hydrogen) atoms. The van der Waals surface area contributed by atoms with Gasteiger partial charge in [0.2, 0.25) is 0 Å². The molecule has 1 aliphatic heterocycles. The molecule has 0 saturated carbocycles. The summed E-state index contributed by atoms with van der Waals surface area (Å²) < 4.78 is 6.40. The lowest BCUT2D eigenvalue weighted by molar-refractivity contribution is 0.198. The van der Waals surface area contributed by atoms with Crippen molar-refractivity contribution in [3.63, 3.8) is 0 Å². The largest absolute Gasteiger partial charge is 0.495 e. The number of halogens is 2. The van der Waals surface area contributed by atoms with Crippen molar-refractivity contribution >= 4 is 33.2 Å². The van der Waals surface area contributed by atoms with Crippen molar-refractivity contribution in [2.75, 3.05) is 38.2 Å². The first kappa shape index (κ1) is 17.6. The molecule has 1 aliphatic rings. The Hall–Kier alpha value is -1.23. The Labute approximate surface area is 157 Å². The summed E-state index contributed by atoms with van der Waals surface area (Å²) in [5.41, 5.74) is 2.53. The van der Waals surface area contributed by atoms with Crippen LogP contribution in [-0.2, 0) is 0 Å². The number of hydrogen-bond donors (Lipinski definition) is 0. The molecule has 1 saturated heterocycles. The van der Waals surface area contributed by atoms with Crippen LogP contribution in [0.4, 0.5) is 5.69 Å². The molecule has 0 bridgehead atoms. The first-order valence-corrected chi connectivity index (χ1v) is 9.33. The number of benzene rings is 2. The zero-order valence-electron chi connectivity index (χ0n) is 14.0. The Balaban J connectivity index is 1.64.